The van der Waals surface area contributed by atoms with E-state index < -0.39 is 5.82 Å². The fourth-order valence-electron chi connectivity index (χ4n) is 1.99. The third kappa shape index (κ3) is 3.19. The lowest BCUT2D eigenvalue weighted by molar-refractivity contribution is 0.0931. The zero-order valence-corrected chi connectivity index (χ0v) is 10.8. The van der Waals surface area contributed by atoms with Gasteiger partial charge in [0.15, 0.2) is 0 Å². The Balaban J connectivity index is 2.16. The minimum absolute atomic E-state index is 0.0804. The van der Waals surface area contributed by atoms with Crippen molar-refractivity contribution in [3.05, 3.63) is 71.5 Å². The molecular formula is C16H16FNO. The van der Waals surface area contributed by atoms with Gasteiger partial charge in [-0.25, -0.2) is 4.39 Å². The van der Waals surface area contributed by atoms with Gasteiger partial charge in [0.1, 0.15) is 5.82 Å². The van der Waals surface area contributed by atoms with Gasteiger partial charge in [-0.05, 0) is 24.1 Å². The molecule has 3 heteroatoms. The number of amides is 1. The van der Waals surface area contributed by atoms with Crippen LogP contribution in [0.25, 0.3) is 0 Å². The summed E-state index contributed by atoms with van der Waals surface area (Å²) in [6, 6.07) is 15.6. The molecule has 0 radical (unpaired) electrons. The molecular weight excluding hydrogens is 241 g/mol. The predicted molar refractivity (Wildman–Crippen MR) is 73.3 cm³/mol. The van der Waals surface area contributed by atoms with Crippen LogP contribution in [-0.2, 0) is 0 Å². The predicted octanol–water partition coefficient (Wildman–Crippen LogP) is 3.71. The van der Waals surface area contributed by atoms with Gasteiger partial charge in [-0.15, -0.1) is 0 Å². The molecule has 0 bridgehead atoms. The van der Waals surface area contributed by atoms with Gasteiger partial charge in [0.05, 0.1) is 11.6 Å². The third-order valence-corrected chi connectivity index (χ3v) is 3.03. The quantitative estimate of drug-likeness (QED) is 0.888. The van der Waals surface area contributed by atoms with Crippen LogP contribution in [0.1, 0.15) is 35.3 Å². The van der Waals surface area contributed by atoms with Crippen LogP contribution < -0.4 is 5.32 Å². The first-order valence-electron chi connectivity index (χ1n) is 6.32. The average molecular weight is 257 g/mol. The first-order chi connectivity index (χ1) is 9.22. The summed E-state index contributed by atoms with van der Waals surface area (Å²) < 4.78 is 13.5. The van der Waals surface area contributed by atoms with Crippen LogP contribution in [0.4, 0.5) is 4.39 Å². The van der Waals surface area contributed by atoms with Crippen molar-refractivity contribution in [3.8, 4) is 0 Å². The SMILES string of the molecule is CCC(NC(=O)c1ccccc1F)c1ccccc1. The highest BCUT2D eigenvalue weighted by Crippen LogP contribution is 2.17. The van der Waals surface area contributed by atoms with E-state index in [2.05, 4.69) is 5.32 Å². The molecule has 0 aromatic heterocycles. The van der Waals surface area contributed by atoms with Crippen molar-refractivity contribution < 1.29 is 9.18 Å². The number of rotatable bonds is 4. The van der Waals surface area contributed by atoms with Gasteiger partial charge < -0.3 is 5.32 Å². The lowest BCUT2D eigenvalue weighted by atomic mass is 10.0. The van der Waals surface area contributed by atoms with Crippen molar-refractivity contribution in [2.75, 3.05) is 0 Å². The summed E-state index contributed by atoms with van der Waals surface area (Å²) in [5.41, 5.74) is 1.10. The molecule has 19 heavy (non-hydrogen) atoms. The summed E-state index contributed by atoms with van der Waals surface area (Å²) in [4.78, 5) is 12.1. The van der Waals surface area contributed by atoms with E-state index in [9.17, 15) is 9.18 Å². The van der Waals surface area contributed by atoms with Crippen LogP contribution in [0.2, 0.25) is 0 Å². The fourth-order valence-corrected chi connectivity index (χ4v) is 1.99. The van der Waals surface area contributed by atoms with Crippen LogP contribution >= 0.6 is 0 Å². The van der Waals surface area contributed by atoms with Gasteiger partial charge in [0.2, 0.25) is 0 Å². The first kappa shape index (κ1) is 13.3. The monoisotopic (exact) mass is 257 g/mol. The first-order valence-corrected chi connectivity index (χ1v) is 6.32. The zero-order chi connectivity index (χ0) is 13.7. The molecule has 0 fully saturated rings. The second-order valence-electron chi connectivity index (χ2n) is 4.32. The molecule has 0 heterocycles. The number of benzene rings is 2. The molecule has 0 saturated carbocycles. The maximum absolute atomic E-state index is 13.5. The molecule has 1 atom stereocenters. The van der Waals surface area contributed by atoms with E-state index in [1.165, 1.54) is 12.1 Å². The Kier molecular flexibility index (Phi) is 4.29. The van der Waals surface area contributed by atoms with Gasteiger partial charge in [0, 0.05) is 0 Å². The summed E-state index contributed by atoms with van der Waals surface area (Å²) >= 11 is 0. The summed E-state index contributed by atoms with van der Waals surface area (Å²) in [6.07, 6.45) is 0.754. The van der Waals surface area contributed by atoms with Gasteiger partial charge in [-0.3, -0.25) is 4.79 Å². The second kappa shape index (κ2) is 6.14. The van der Waals surface area contributed by atoms with Crippen LogP contribution in [0.5, 0.6) is 0 Å². The van der Waals surface area contributed by atoms with Crippen molar-refractivity contribution >= 4 is 5.91 Å². The van der Waals surface area contributed by atoms with Crippen molar-refractivity contribution in [2.24, 2.45) is 0 Å². The Morgan fingerprint density at radius 1 is 1.11 bits per heavy atom. The van der Waals surface area contributed by atoms with Gasteiger partial charge in [-0.1, -0.05) is 49.4 Å². The van der Waals surface area contributed by atoms with E-state index in [1.807, 2.05) is 37.3 Å². The highest BCUT2D eigenvalue weighted by atomic mass is 19.1. The zero-order valence-electron chi connectivity index (χ0n) is 10.8. The number of nitrogens with one attached hydrogen (secondary N) is 1. The Bertz CT molecular complexity index is 554. The summed E-state index contributed by atoms with van der Waals surface area (Å²) in [5, 5.41) is 2.86. The fraction of sp³-hybridized carbons (Fsp3) is 0.188. The van der Waals surface area contributed by atoms with Crippen LogP contribution in [0, 0.1) is 5.82 Å². The molecule has 0 spiro atoms. The normalized spacial score (nSPS) is 11.9. The molecule has 1 N–H and O–H groups in total. The number of halogens is 1. The van der Waals surface area contributed by atoms with Crippen LogP contribution in [-0.4, -0.2) is 5.91 Å². The van der Waals surface area contributed by atoms with Gasteiger partial charge >= 0.3 is 0 Å². The number of hydrogen-bond acceptors (Lipinski definition) is 1. The summed E-state index contributed by atoms with van der Waals surface area (Å²) in [6.45, 7) is 1.99. The number of hydrogen-bond donors (Lipinski definition) is 1. The maximum atomic E-state index is 13.5. The van der Waals surface area contributed by atoms with E-state index in [0.29, 0.717) is 0 Å². The van der Waals surface area contributed by atoms with Gasteiger partial charge in [-0.2, -0.15) is 0 Å². The molecule has 0 aliphatic heterocycles. The molecule has 0 aliphatic rings. The minimum Gasteiger partial charge on any atom is -0.345 e. The molecule has 1 unspecified atom stereocenters. The largest absolute Gasteiger partial charge is 0.345 e. The van der Waals surface area contributed by atoms with E-state index in [0.717, 1.165) is 12.0 Å². The molecule has 2 nitrogen and oxygen atoms in total. The van der Waals surface area contributed by atoms with Crippen molar-refractivity contribution in [1.82, 2.24) is 5.32 Å². The lowest BCUT2D eigenvalue weighted by Gasteiger charge is -2.17. The summed E-state index contributed by atoms with van der Waals surface area (Å²) in [5.74, 6) is -0.878. The number of carbonyl (C=O) groups excluding carboxylic acids is 1. The highest BCUT2D eigenvalue weighted by molar-refractivity contribution is 5.94. The van der Waals surface area contributed by atoms with E-state index in [4.69, 9.17) is 0 Å². The van der Waals surface area contributed by atoms with Crippen molar-refractivity contribution in [1.29, 1.82) is 0 Å². The van der Waals surface area contributed by atoms with E-state index in [1.54, 1.807) is 12.1 Å². The molecule has 0 saturated heterocycles. The minimum atomic E-state index is -0.497. The molecule has 0 aliphatic carbocycles. The van der Waals surface area contributed by atoms with Gasteiger partial charge in [0.25, 0.3) is 5.91 Å². The Hall–Kier alpha value is -2.16. The molecule has 98 valence electrons. The second-order valence-corrected chi connectivity index (χ2v) is 4.32. The van der Waals surface area contributed by atoms with E-state index >= 15 is 0 Å². The van der Waals surface area contributed by atoms with Crippen LogP contribution in [0.15, 0.2) is 54.6 Å². The molecule has 1 amide bonds. The maximum Gasteiger partial charge on any atom is 0.254 e. The Morgan fingerprint density at radius 3 is 2.37 bits per heavy atom. The lowest BCUT2D eigenvalue weighted by Crippen LogP contribution is -2.28. The smallest absolute Gasteiger partial charge is 0.254 e. The topological polar surface area (TPSA) is 29.1 Å². The molecule has 2 rings (SSSR count). The average Bonchev–Trinajstić information content (AvgIpc) is 2.46. The van der Waals surface area contributed by atoms with Crippen LogP contribution in [0.3, 0.4) is 0 Å². The Morgan fingerprint density at radius 2 is 1.74 bits per heavy atom. The molecule has 2 aromatic carbocycles. The van der Waals surface area contributed by atoms with Crippen molar-refractivity contribution in [2.45, 2.75) is 19.4 Å². The Labute approximate surface area is 112 Å². The summed E-state index contributed by atoms with van der Waals surface area (Å²) in [7, 11) is 0. The third-order valence-electron chi connectivity index (χ3n) is 3.03. The molecule has 2 aromatic rings. The standard InChI is InChI=1S/C16H16FNO/c1-2-15(12-8-4-3-5-9-12)18-16(19)13-10-6-7-11-14(13)17/h3-11,15H,2H2,1H3,(H,18,19). The van der Waals surface area contributed by atoms with Crippen molar-refractivity contribution in [3.63, 3.8) is 0 Å². The highest BCUT2D eigenvalue weighted by Gasteiger charge is 2.16. The number of carbonyl (C=O) groups is 1. The van der Waals surface area contributed by atoms with E-state index in [-0.39, 0.29) is 17.5 Å².